The molecular weight excluding hydrogens is 273 g/mol. The summed E-state index contributed by atoms with van der Waals surface area (Å²) in [6.07, 6.45) is -4.46. The third kappa shape index (κ3) is 3.05. The SMILES string of the molecule is NCc1ccc(N2CCOCC2CO)c(C(F)(F)F)c1. The number of ether oxygens (including phenoxy) is 1. The van der Waals surface area contributed by atoms with Gasteiger partial charge in [0.25, 0.3) is 0 Å². The predicted molar refractivity (Wildman–Crippen MR) is 68.4 cm³/mol. The first-order valence-corrected chi connectivity index (χ1v) is 6.32. The Kier molecular flexibility index (Phi) is 4.52. The molecule has 0 aliphatic carbocycles. The number of hydrogen-bond donors (Lipinski definition) is 2. The standard InChI is InChI=1S/C13H17F3N2O2/c14-13(15,16)11-5-9(6-17)1-2-12(11)18-3-4-20-8-10(18)7-19/h1-2,5,10,19H,3-4,6-8,17H2. The average molecular weight is 290 g/mol. The monoisotopic (exact) mass is 290 g/mol. The van der Waals surface area contributed by atoms with Crippen LogP contribution in [-0.4, -0.2) is 37.5 Å². The summed E-state index contributed by atoms with van der Waals surface area (Å²) in [6, 6.07) is 3.60. The molecule has 1 aromatic carbocycles. The van der Waals surface area contributed by atoms with E-state index in [9.17, 15) is 18.3 Å². The molecule has 1 heterocycles. The molecule has 4 nitrogen and oxygen atoms in total. The van der Waals surface area contributed by atoms with Crippen LogP contribution in [0.5, 0.6) is 0 Å². The molecule has 20 heavy (non-hydrogen) atoms. The van der Waals surface area contributed by atoms with Crippen molar-refractivity contribution in [2.24, 2.45) is 5.73 Å². The van der Waals surface area contributed by atoms with Crippen molar-refractivity contribution in [2.75, 3.05) is 31.3 Å². The molecule has 0 radical (unpaired) electrons. The van der Waals surface area contributed by atoms with Crippen molar-refractivity contribution in [2.45, 2.75) is 18.8 Å². The second-order valence-corrected chi connectivity index (χ2v) is 4.66. The number of aliphatic hydroxyl groups is 1. The lowest BCUT2D eigenvalue weighted by atomic mass is 10.0. The van der Waals surface area contributed by atoms with Gasteiger partial charge in [-0.2, -0.15) is 13.2 Å². The smallest absolute Gasteiger partial charge is 0.394 e. The van der Waals surface area contributed by atoms with E-state index < -0.39 is 17.8 Å². The van der Waals surface area contributed by atoms with E-state index in [1.165, 1.54) is 6.07 Å². The van der Waals surface area contributed by atoms with Crippen LogP contribution in [0.25, 0.3) is 0 Å². The van der Waals surface area contributed by atoms with Gasteiger partial charge < -0.3 is 20.5 Å². The molecule has 0 aromatic heterocycles. The average Bonchev–Trinajstić information content (AvgIpc) is 2.45. The van der Waals surface area contributed by atoms with Gasteiger partial charge in [-0.15, -0.1) is 0 Å². The van der Waals surface area contributed by atoms with Crippen molar-refractivity contribution >= 4 is 5.69 Å². The Labute approximate surface area is 114 Å². The summed E-state index contributed by atoms with van der Waals surface area (Å²) in [5, 5.41) is 9.29. The van der Waals surface area contributed by atoms with Gasteiger partial charge in [-0.1, -0.05) is 6.07 Å². The second-order valence-electron chi connectivity index (χ2n) is 4.66. The number of benzene rings is 1. The molecule has 0 saturated carbocycles. The molecule has 0 bridgehead atoms. The van der Waals surface area contributed by atoms with Crippen molar-refractivity contribution in [3.8, 4) is 0 Å². The van der Waals surface area contributed by atoms with E-state index in [1.54, 1.807) is 11.0 Å². The van der Waals surface area contributed by atoms with Crippen molar-refractivity contribution in [1.82, 2.24) is 0 Å². The molecule has 1 unspecified atom stereocenters. The lowest BCUT2D eigenvalue weighted by Gasteiger charge is -2.37. The van der Waals surface area contributed by atoms with Gasteiger partial charge in [0.1, 0.15) is 0 Å². The summed E-state index contributed by atoms with van der Waals surface area (Å²) in [5.41, 5.74) is 5.17. The van der Waals surface area contributed by atoms with E-state index in [4.69, 9.17) is 10.5 Å². The first-order valence-electron chi connectivity index (χ1n) is 6.32. The van der Waals surface area contributed by atoms with Crippen LogP contribution in [0.3, 0.4) is 0 Å². The number of morpholine rings is 1. The van der Waals surface area contributed by atoms with E-state index in [0.29, 0.717) is 18.7 Å². The highest BCUT2D eigenvalue weighted by molar-refractivity contribution is 5.57. The van der Waals surface area contributed by atoms with Crippen LogP contribution in [-0.2, 0) is 17.5 Å². The van der Waals surface area contributed by atoms with Gasteiger partial charge in [-0.3, -0.25) is 0 Å². The molecule has 0 amide bonds. The fourth-order valence-corrected chi connectivity index (χ4v) is 2.31. The maximum Gasteiger partial charge on any atom is 0.418 e. The van der Waals surface area contributed by atoms with Crippen molar-refractivity contribution in [1.29, 1.82) is 0 Å². The predicted octanol–water partition coefficient (Wildman–Crippen LogP) is 1.36. The summed E-state index contributed by atoms with van der Waals surface area (Å²) in [5.74, 6) is 0. The second kappa shape index (κ2) is 5.99. The fourth-order valence-electron chi connectivity index (χ4n) is 2.31. The van der Waals surface area contributed by atoms with E-state index in [-0.39, 0.29) is 25.4 Å². The number of anilines is 1. The minimum Gasteiger partial charge on any atom is -0.394 e. The van der Waals surface area contributed by atoms with Gasteiger partial charge in [0, 0.05) is 18.8 Å². The number of alkyl halides is 3. The summed E-state index contributed by atoms with van der Waals surface area (Å²) in [7, 11) is 0. The summed E-state index contributed by atoms with van der Waals surface area (Å²) >= 11 is 0. The first kappa shape index (κ1) is 15.1. The summed E-state index contributed by atoms with van der Waals surface area (Å²) < 4.78 is 44.8. The Morgan fingerprint density at radius 3 is 2.75 bits per heavy atom. The van der Waals surface area contributed by atoms with Crippen LogP contribution in [0.4, 0.5) is 18.9 Å². The fraction of sp³-hybridized carbons (Fsp3) is 0.538. The Bertz CT molecular complexity index is 465. The molecule has 1 fully saturated rings. The van der Waals surface area contributed by atoms with Crippen molar-refractivity contribution in [3.05, 3.63) is 29.3 Å². The van der Waals surface area contributed by atoms with Crippen LogP contribution >= 0.6 is 0 Å². The molecule has 0 spiro atoms. The van der Waals surface area contributed by atoms with Gasteiger partial charge in [0.2, 0.25) is 0 Å². The molecule has 2 rings (SSSR count). The van der Waals surface area contributed by atoms with Crippen LogP contribution < -0.4 is 10.6 Å². The number of nitrogens with two attached hydrogens (primary N) is 1. The molecule has 1 aliphatic rings. The zero-order chi connectivity index (χ0) is 14.8. The normalized spacial score (nSPS) is 20.2. The molecule has 112 valence electrons. The lowest BCUT2D eigenvalue weighted by Crippen LogP contribution is -2.48. The molecule has 1 saturated heterocycles. The molecule has 7 heteroatoms. The Hall–Kier alpha value is -1.31. The molecule has 1 aromatic rings. The van der Waals surface area contributed by atoms with Crippen LogP contribution in [0.15, 0.2) is 18.2 Å². The maximum absolute atomic E-state index is 13.2. The topological polar surface area (TPSA) is 58.7 Å². The summed E-state index contributed by atoms with van der Waals surface area (Å²) in [4.78, 5) is 1.55. The maximum atomic E-state index is 13.2. The van der Waals surface area contributed by atoms with Gasteiger partial charge in [0.15, 0.2) is 0 Å². The van der Waals surface area contributed by atoms with E-state index >= 15 is 0 Å². The minimum absolute atomic E-state index is 0.0515. The number of halogens is 3. The third-order valence-corrected chi connectivity index (χ3v) is 3.35. The third-order valence-electron chi connectivity index (χ3n) is 3.35. The molecule has 1 atom stereocenters. The minimum atomic E-state index is -4.46. The van der Waals surface area contributed by atoms with E-state index in [0.717, 1.165) is 6.07 Å². The lowest BCUT2D eigenvalue weighted by molar-refractivity contribution is -0.137. The quantitative estimate of drug-likeness (QED) is 0.882. The molecule has 3 N–H and O–H groups in total. The van der Waals surface area contributed by atoms with Gasteiger partial charge >= 0.3 is 6.18 Å². The largest absolute Gasteiger partial charge is 0.418 e. The van der Waals surface area contributed by atoms with Gasteiger partial charge in [-0.05, 0) is 17.7 Å². The van der Waals surface area contributed by atoms with Crippen LogP contribution in [0.1, 0.15) is 11.1 Å². The number of hydrogen-bond acceptors (Lipinski definition) is 4. The van der Waals surface area contributed by atoms with E-state index in [2.05, 4.69) is 0 Å². The summed E-state index contributed by atoms with van der Waals surface area (Å²) in [6.45, 7) is 0.668. The Balaban J connectivity index is 2.44. The van der Waals surface area contributed by atoms with E-state index in [1.807, 2.05) is 0 Å². The number of nitrogens with zero attached hydrogens (tertiary/aromatic N) is 1. The molecule has 1 aliphatic heterocycles. The van der Waals surface area contributed by atoms with Crippen molar-refractivity contribution < 1.29 is 23.0 Å². The van der Waals surface area contributed by atoms with Crippen LogP contribution in [0.2, 0.25) is 0 Å². The number of aliphatic hydroxyl groups excluding tert-OH is 1. The van der Waals surface area contributed by atoms with Gasteiger partial charge in [0.05, 0.1) is 31.4 Å². The van der Waals surface area contributed by atoms with Gasteiger partial charge in [-0.25, -0.2) is 0 Å². The highest BCUT2D eigenvalue weighted by Crippen LogP contribution is 2.38. The van der Waals surface area contributed by atoms with Crippen molar-refractivity contribution in [3.63, 3.8) is 0 Å². The van der Waals surface area contributed by atoms with Crippen LogP contribution in [0, 0.1) is 0 Å². The zero-order valence-electron chi connectivity index (χ0n) is 10.9. The Morgan fingerprint density at radius 1 is 1.40 bits per heavy atom. The first-order chi connectivity index (χ1) is 9.47. The number of rotatable bonds is 3. The highest BCUT2D eigenvalue weighted by Gasteiger charge is 2.37. The molecular formula is C13H17F3N2O2. The highest BCUT2D eigenvalue weighted by atomic mass is 19.4. The Morgan fingerprint density at radius 2 is 2.15 bits per heavy atom. The zero-order valence-corrected chi connectivity index (χ0v) is 10.9.